The molecule has 5 rings (SSSR count). The molecule has 2 aromatic carbocycles. The summed E-state index contributed by atoms with van der Waals surface area (Å²) in [5.74, 6) is -1.51. The Balaban J connectivity index is 1.44. The number of sulfone groups is 1. The summed E-state index contributed by atoms with van der Waals surface area (Å²) >= 11 is 0. The number of amides is 1. The average Bonchev–Trinajstić information content (AvgIpc) is 3.75. The third-order valence-corrected chi connectivity index (χ3v) is 7.86. The molecule has 1 amide bonds. The van der Waals surface area contributed by atoms with Crippen LogP contribution in [0.3, 0.4) is 0 Å². The van der Waals surface area contributed by atoms with Gasteiger partial charge in [0.1, 0.15) is 5.82 Å². The smallest absolute Gasteiger partial charge is 0.330 e. The largest absolute Gasteiger partial charge is 0.416 e. The van der Waals surface area contributed by atoms with Crippen molar-refractivity contribution in [3.05, 3.63) is 82.9 Å². The summed E-state index contributed by atoms with van der Waals surface area (Å²) in [6, 6.07) is 9.50. The number of halogens is 4. The number of carbonyl (C=O) groups is 1. The number of rotatable bonds is 8. The Hall–Kier alpha value is -3.21. The lowest BCUT2D eigenvalue weighted by Crippen LogP contribution is -2.33. The standard InChI is InChI=1S/C25H23F4N3O3S/c26-19-6-2-4-17(12-19)23(33)31(20-7-8-20)14-22-13-30-24(32(22)21-9-10-21)36(34,35)15-16-3-1-5-18(11-16)25(27,28)29/h1-6,11-13,20-21H,7-10,14-15H2. The van der Waals surface area contributed by atoms with Crippen LogP contribution in [0.15, 0.2) is 59.9 Å². The van der Waals surface area contributed by atoms with Crippen LogP contribution < -0.4 is 0 Å². The van der Waals surface area contributed by atoms with Crippen LogP contribution >= 0.6 is 0 Å². The molecule has 1 aromatic heterocycles. The summed E-state index contributed by atoms with van der Waals surface area (Å²) in [4.78, 5) is 18.9. The van der Waals surface area contributed by atoms with Gasteiger partial charge in [0.2, 0.25) is 15.0 Å². The molecule has 0 unspecified atom stereocenters. The first kappa shape index (κ1) is 24.5. The van der Waals surface area contributed by atoms with Crippen molar-refractivity contribution in [3.63, 3.8) is 0 Å². The molecular formula is C25H23F4N3O3S. The van der Waals surface area contributed by atoms with Crippen molar-refractivity contribution < 1.29 is 30.8 Å². The zero-order valence-electron chi connectivity index (χ0n) is 19.1. The van der Waals surface area contributed by atoms with Gasteiger partial charge >= 0.3 is 6.18 Å². The predicted octanol–water partition coefficient (Wildman–Crippen LogP) is 5.15. The fourth-order valence-corrected chi connectivity index (χ4v) is 5.81. The van der Waals surface area contributed by atoms with Crippen LogP contribution in [0.25, 0.3) is 0 Å². The number of benzene rings is 2. The summed E-state index contributed by atoms with van der Waals surface area (Å²) in [6.07, 6.45) is -0.127. The van der Waals surface area contributed by atoms with E-state index >= 15 is 0 Å². The number of nitrogens with zero attached hydrogens (tertiary/aromatic N) is 3. The minimum Gasteiger partial charge on any atom is -0.330 e. The number of imidazole rings is 1. The van der Waals surface area contributed by atoms with Gasteiger partial charge < -0.3 is 9.47 Å². The van der Waals surface area contributed by atoms with Crippen LogP contribution in [0, 0.1) is 5.82 Å². The van der Waals surface area contributed by atoms with Crippen molar-refractivity contribution >= 4 is 15.7 Å². The molecule has 0 N–H and O–H groups in total. The molecule has 11 heteroatoms. The molecule has 2 fully saturated rings. The maximum absolute atomic E-state index is 13.7. The third kappa shape index (κ3) is 5.16. The van der Waals surface area contributed by atoms with Crippen LogP contribution in [0.2, 0.25) is 0 Å². The Labute approximate surface area is 205 Å². The van der Waals surface area contributed by atoms with E-state index in [1.165, 1.54) is 42.6 Å². The highest BCUT2D eigenvalue weighted by atomic mass is 32.2. The zero-order chi connectivity index (χ0) is 25.7. The van der Waals surface area contributed by atoms with Gasteiger partial charge in [0.05, 0.1) is 29.8 Å². The van der Waals surface area contributed by atoms with E-state index in [4.69, 9.17) is 0 Å². The van der Waals surface area contributed by atoms with E-state index in [-0.39, 0.29) is 40.8 Å². The van der Waals surface area contributed by atoms with E-state index < -0.39 is 33.1 Å². The molecule has 3 aromatic rings. The Kier molecular flexibility index (Phi) is 6.14. The van der Waals surface area contributed by atoms with Crippen LogP contribution in [0.4, 0.5) is 17.6 Å². The van der Waals surface area contributed by atoms with Gasteiger partial charge in [0, 0.05) is 17.6 Å². The highest BCUT2D eigenvalue weighted by molar-refractivity contribution is 7.90. The van der Waals surface area contributed by atoms with Crippen LogP contribution in [0.5, 0.6) is 0 Å². The fourth-order valence-electron chi connectivity index (χ4n) is 4.28. The van der Waals surface area contributed by atoms with E-state index in [1.807, 2.05) is 0 Å². The average molecular weight is 522 g/mol. The van der Waals surface area contributed by atoms with Crippen LogP contribution in [-0.4, -0.2) is 34.8 Å². The molecular weight excluding hydrogens is 498 g/mol. The summed E-state index contributed by atoms with van der Waals surface area (Å²) < 4.78 is 81.1. The molecule has 0 spiro atoms. The fraction of sp³-hybridized carbons (Fsp3) is 0.360. The summed E-state index contributed by atoms with van der Waals surface area (Å²) in [5, 5.41) is -0.216. The predicted molar refractivity (Wildman–Crippen MR) is 122 cm³/mol. The van der Waals surface area contributed by atoms with Crippen molar-refractivity contribution in [3.8, 4) is 0 Å². The summed E-state index contributed by atoms with van der Waals surface area (Å²) in [6.45, 7) is 0.0998. The van der Waals surface area contributed by atoms with Gasteiger partial charge in [0.15, 0.2) is 0 Å². The van der Waals surface area contributed by atoms with Crippen molar-refractivity contribution in [2.24, 2.45) is 0 Å². The van der Waals surface area contributed by atoms with E-state index in [9.17, 15) is 30.8 Å². The first-order valence-corrected chi connectivity index (χ1v) is 13.2. The molecule has 36 heavy (non-hydrogen) atoms. The molecule has 190 valence electrons. The van der Waals surface area contributed by atoms with Gasteiger partial charge in [-0.15, -0.1) is 0 Å². The Morgan fingerprint density at radius 3 is 2.42 bits per heavy atom. The minimum absolute atomic E-state index is 0.0117. The second-order valence-corrected chi connectivity index (χ2v) is 11.1. The van der Waals surface area contributed by atoms with E-state index in [1.54, 1.807) is 9.47 Å². The minimum atomic E-state index is -4.58. The van der Waals surface area contributed by atoms with Gasteiger partial charge in [0.25, 0.3) is 5.91 Å². The number of hydrogen-bond acceptors (Lipinski definition) is 4. The molecule has 0 atom stereocenters. The van der Waals surface area contributed by atoms with Crippen molar-refractivity contribution in [1.82, 2.24) is 14.5 Å². The van der Waals surface area contributed by atoms with E-state index in [2.05, 4.69) is 4.98 Å². The van der Waals surface area contributed by atoms with Crippen molar-refractivity contribution in [2.45, 2.75) is 61.4 Å². The molecule has 0 saturated heterocycles. The number of carbonyl (C=O) groups excluding carboxylic acids is 1. The monoisotopic (exact) mass is 521 g/mol. The molecule has 6 nitrogen and oxygen atoms in total. The summed E-state index contributed by atoms with van der Waals surface area (Å²) in [5.41, 5.74) is -0.177. The van der Waals surface area contributed by atoms with Gasteiger partial charge in [-0.2, -0.15) is 13.2 Å². The van der Waals surface area contributed by atoms with Crippen molar-refractivity contribution in [1.29, 1.82) is 0 Å². The molecule has 2 saturated carbocycles. The number of alkyl halides is 3. The normalized spacial score (nSPS) is 16.2. The van der Waals surface area contributed by atoms with Gasteiger partial charge in [-0.1, -0.05) is 24.3 Å². The lowest BCUT2D eigenvalue weighted by atomic mass is 10.1. The molecule has 1 heterocycles. The SMILES string of the molecule is O=C(c1cccc(F)c1)N(Cc1cnc(S(=O)(=O)Cc2cccc(C(F)(F)F)c2)n1C1CC1)C1CC1. The molecule has 0 radical (unpaired) electrons. The Bertz CT molecular complexity index is 1410. The molecule has 2 aliphatic rings. The highest BCUT2D eigenvalue weighted by Crippen LogP contribution is 2.40. The second-order valence-electron chi connectivity index (χ2n) is 9.27. The Morgan fingerprint density at radius 1 is 1.06 bits per heavy atom. The first-order valence-electron chi connectivity index (χ1n) is 11.5. The maximum atomic E-state index is 13.7. The topological polar surface area (TPSA) is 72.3 Å². The first-order chi connectivity index (χ1) is 17.0. The third-order valence-electron chi connectivity index (χ3n) is 6.29. The zero-order valence-corrected chi connectivity index (χ0v) is 19.9. The van der Waals surface area contributed by atoms with Gasteiger partial charge in [-0.25, -0.2) is 17.8 Å². The molecule has 2 aliphatic carbocycles. The Morgan fingerprint density at radius 2 is 1.78 bits per heavy atom. The van der Waals surface area contributed by atoms with E-state index in [0.29, 0.717) is 5.69 Å². The highest BCUT2D eigenvalue weighted by Gasteiger charge is 2.38. The maximum Gasteiger partial charge on any atom is 0.416 e. The van der Waals surface area contributed by atoms with E-state index in [0.717, 1.165) is 37.8 Å². The lowest BCUT2D eigenvalue weighted by Gasteiger charge is -2.23. The lowest BCUT2D eigenvalue weighted by molar-refractivity contribution is -0.137. The molecule has 0 bridgehead atoms. The number of hydrogen-bond donors (Lipinski definition) is 0. The van der Waals surface area contributed by atoms with Crippen LogP contribution in [0.1, 0.15) is 58.9 Å². The number of aromatic nitrogens is 2. The van der Waals surface area contributed by atoms with Crippen molar-refractivity contribution in [2.75, 3.05) is 0 Å². The summed E-state index contributed by atoms with van der Waals surface area (Å²) in [7, 11) is -4.08. The van der Waals surface area contributed by atoms with Gasteiger partial charge in [-0.3, -0.25) is 4.79 Å². The quantitative estimate of drug-likeness (QED) is 0.384. The molecule has 0 aliphatic heterocycles. The second kappa shape index (κ2) is 9.02. The van der Waals surface area contributed by atoms with Crippen LogP contribution in [-0.2, 0) is 28.3 Å². The van der Waals surface area contributed by atoms with Gasteiger partial charge in [-0.05, 0) is 55.5 Å².